The highest BCUT2D eigenvalue weighted by Gasteiger charge is 2.39. The zero-order chi connectivity index (χ0) is 14.6. The van der Waals surface area contributed by atoms with Gasteiger partial charge in [-0.05, 0) is 32.0 Å². The number of anilines is 2. The van der Waals surface area contributed by atoms with E-state index in [1.165, 1.54) is 12.1 Å². The van der Waals surface area contributed by atoms with Gasteiger partial charge in [0, 0.05) is 18.8 Å². The molecule has 4 nitrogen and oxygen atoms in total. The third kappa shape index (κ3) is 3.84. The van der Waals surface area contributed by atoms with Gasteiger partial charge in [-0.1, -0.05) is 6.07 Å². The lowest BCUT2D eigenvalue weighted by Gasteiger charge is -2.29. The maximum absolute atomic E-state index is 12.7. The van der Waals surface area contributed by atoms with E-state index in [4.69, 9.17) is 0 Å². The van der Waals surface area contributed by atoms with Crippen molar-refractivity contribution in [1.82, 2.24) is 0 Å². The van der Waals surface area contributed by atoms with Gasteiger partial charge in [0.2, 0.25) is 0 Å². The highest BCUT2D eigenvalue weighted by molar-refractivity contribution is 7.80. The van der Waals surface area contributed by atoms with Gasteiger partial charge in [0.05, 0.1) is 17.0 Å². The Balaban J connectivity index is 3.19. The van der Waals surface area contributed by atoms with Crippen LogP contribution in [-0.2, 0) is 11.3 Å². The molecule has 1 rings (SSSR count). The molecule has 0 aliphatic rings. The van der Waals surface area contributed by atoms with E-state index in [9.17, 15) is 21.9 Å². The lowest BCUT2D eigenvalue weighted by molar-refractivity contribution is -0.115. The normalized spacial score (nSPS) is 13.2. The van der Waals surface area contributed by atoms with E-state index in [1.807, 2.05) is 18.7 Å². The molecular weight excluding hydrogens is 281 g/mol. The van der Waals surface area contributed by atoms with Crippen molar-refractivity contribution < 1.29 is 21.9 Å². The summed E-state index contributed by atoms with van der Waals surface area (Å²) in [5, 5.41) is 0. The van der Waals surface area contributed by atoms with Crippen molar-refractivity contribution in [2.45, 2.75) is 20.1 Å². The number of rotatable bonds is 5. The maximum Gasteiger partial charge on any atom is 0.495 e. The number of hydrogen-bond donors (Lipinski definition) is 0. The molecule has 0 bridgehead atoms. The molecule has 0 amide bonds. The minimum atomic E-state index is -4.98. The third-order valence-corrected chi connectivity index (χ3v) is 3.29. The lowest BCUT2D eigenvalue weighted by atomic mass is 10.2. The van der Waals surface area contributed by atoms with Crippen molar-refractivity contribution in [3.8, 4) is 0 Å². The highest BCUT2D eigenvalue weighted by Crippen LogP contribution is 2.31. The second kappa shape index (κ2) is 6.25. The second-order valence-electron chi connectivity index (χ2n) is 3.67. The van der Waals surface area contributed by atoms with Crippen LogP contribution in [0.4, 0.5) is 24.5 Å². The Labute approximate surface area is 112 Å². The fraction of sp³-hybridized carbons (Fsp3) is 0.455. The summed E-state index contributed by atoms with van der Waals surface area (Å²) < 4.78 is 58.9. The van der Waals surface area contributed by atoms with Gasteiger partial charge in [0.25, 0.3) is 0 Å². The van der Waals surface area contributed by atoms with Crippen LogP contribution in [0.3, 0.4) is 0 Å². The molecule has 0 fully saturated rings. The zero-order valence-electron chi connectivity index (χ0n) is 10.5. The first-order chi connectivity index (χ1) is 8.81. The van der Waals surface area contributed by atoms with E-state index in [1.54, 1.807) is 6.07 Å². The van der Waals surface area contributed by atoms with Crippen LogP contribution in [0, 0.1) is 0 Å². The fourth-order valence-electron chi connectivity index (χ4n) is 1.72. The molecule has 1 unspecified atom stereocenters. The monoisotopic (exact) mass is 295 g/mol. The predicted octanol–water partition coefficient (Wildman–Crippen LogP) is 2.65. The largest absolute Gasteiger partial charge is 0.755 e. The van der Waals surface area contributed by atoms with Crippen molar-refractivity contribution in [2.75, 3.05) is 22.3 Å². The maximum atomic E-state index is 12.7. The van der Waals surface area contributed by atoms with E-state index >= 15 is 0 Å². The second-order valence-corrected chi connectivity index (χ2v) is 4.47. The Morgan fingerprint density at radius 2 is 1.74 bits per heavy atom. The molecular formula is C11H14F3N2O2S-. The summed E-state index contributed by atoms with van der Waals surface area (Å²) in [6, 6.07) is 5.35. The van der Waals surface area contributed by atoms with Crippen molar-refractivity contribution in [1.29, 1.82) is 0 Å². The van der Waals surface area contributed by atoms with Crippen LogP contribution in [0.25, 0.3) is 0 Å². The molecule has 1 atom stereocenters. The molecule has 0 saturated heterocycles. The quantitative estimate of drug-likeness (QED) is 0.620. The SMILES string of the molecule is CCN(CC)c1cccc(N(S(=O)[O-])C(F)(F)F)c1. The first kappa shape index (κ1) is 15.8. The van der Waals surface area contributed by atoms with Crippen molar-refractivity contribution in [3.05, 3.63) is 24.3 Å². The van der Waals surface area contributed by atoms with Crippen molar-refractivity contribution in [2.24, 2.45) is 0 Å². The van der Waals surface area contributed by atoms with Gasteiger partial charge in [-0.2, -0.15) is 0 Å². The molecule has 108 valence electrons. The van der Waals surface area contributed by atoms with E-state index in [0.717, 1.165) is 6.07 Å². The third-order valence-electron chi connectivity index (χ3n) is 2.57. The smallest absolute Gasteiger partial charge is 0.495 e. The molecule has 0 aliphatic heterocycles. The Morgan fingerprint density at radius 3 is 2.16 bits per heavy atom. The number of alkyl halides is 3. The van der Waals surface area contributed by atoms with Gasteiger partial charge in [0.1, 0.15) is 0 Å². The predicted molar refractivity (Wildman–Crippen MR) is 67.5 cm³/mol. The van der Waals surface area contributed by atoms with E-state index in [0.29, 0.717) is 18.8 Å². The number of hydrogen-bond acceptors (Lipinski definition) is 3. The molecule has 0 N–H and O–H groups in total. The standard InChI is InChI=1S/C11H15F3N2O2S/c1-3-15(4-2)9-6-5-7-10(8-9)16(19(17)18)11(12,13)14/h5-8H,3-4H2,1-2H3,(H,17,18)/p-1. The van der Waals surface area contributed by atoms with Gasteiger partial charge in [-0.15, -0.1) is 13.2 Å². The van der Waals surface area contributed by atoms with Crippen LogP contribution in [-0.4, -0.2) is 28.2 Å². The summed E-state index contributed by atoms with van der Waals surface area (Å²) >= 11 is -3.41. The molecule has 8 heteroatoms. The molecule has 0 spiro atoms. The van der Waals surface area contributed by atoms with Crippen LogP contribution in [0.5, 0.6) is 0 Å². The number of benzene rings is 1. The van der Waals surface area contributed by atoms with E-state index in [-0.39, 0.29) is 0 Å². The zero-order valence-corrected chi connectivity index (χ0v) is 11.3. The van der Waals surface area contributed by atoms with Crippen LogP contribution in [0.1, 0.15) is 13.8 Å². The molecule has 1 aromatic carbocycles. The minimum absolute atomic E-state index is 0.426. The number of nitrogens with zero attached hydrogens (tertiary/aromatic N) is 2. The lowest BCUT2D eigenvalue weighted by Crippen LogP contribution is -2.39. The average molecular weight is 295 g/mol. The topological polar surface area (TPSA) is 46.6 Å². The first-order valence-corrected chi connectivity index (χ1v) is 6.65. The molecule has 0 saturated carbocycles. The van der Waals surface area contributed by atoms with Crippen LogP contribution in [0.2, 0.25) is 0 Å². The molecule has 0 aliphatic carbocycles. The van der Waals surface area contributed by atoms with Crippen LogP contribution >= 0.6 is 0 Å². The minimum Gasteiger partial charge on any atom is -0.755 e. The molecule has 0 heterocycles. The summed E-state index contributed by atoms with van der Waals surface area (Å²) in [5.41, 5.74) is 0.118. The van der Waals surface area contributed by atoms with Gasteiger partial charge >= 0.3 is 6.30 Å². The summed E-state index contributed by atoms with van der Waals surface area (Å²) in [5.74, 6) is 0. The van der Waals surface area contributed by atoms with Gasteiger partial charge in [0.15, 0.2) is 0 Å². The van der Waals surface area contributed by atoms with Crippen LogP contribution in [0.15, 0.2) is 24.3 Å². The van der Waals surface area contributed by atoms with Crippen molar-refractivity contribution >= 4 is 22.6 Å². The summed E-state index contributed by atoms with van der Waals surface area (Å²) in [4.78, 5) is 1.83. The molecule has 19 heavy (non-hydrogen) atoms. The van der Waals surface area contributed by atoms with Gasteiger partial charge in [-0.3, -0.25) is 4.21 Å². The first-order valence-electron chi connectivity index (χ1n) is 5.62. The van der Waals surface area contributed by atoms with Gasteiger partial charge < -0.3 is 9.45 Å². The van der Waals surface area contributed by atoms with Crippen LogP contribution < -0.4 is 9.21 Å². The number of halogens is 3. The molecule has 1 aromatic rings. The van der Waals surface area contributed by atoms with Crippen molar-refractivity contribution in [3.63, 3.8) is 0 Å². The molecule has 0 aromatic heterocycles. The van der Waals surface area contributed by atoms with E-state index < -0.39 is 27.6 Å². The molecule has 0 radical (unpaired) electrons. The summed E-state index contributed by atoms with van der Waals surface area (Å²) in [6.07, 6.45) is -4.98. The Hall–Kier alpha value is -1.28. The Kier molecular flexibility index (Phi) is 5.19. The average Bonchev–Trinajstić information content (AvgIpc) is 2.28. The van der Waals surface area contributed by atoms with E-state index in [2.05, 4.69) is 0 Å². The highest BCUT2D eigenvalue weighted by atomic mass is 32.2. The summed E-state index contributed by atoms with van der Waals surface area (Å²) in [6.45, 7) is 4.96. The summed E-state index contributed by atoms with van der Waals surface area (Å²) in [7, 11) is 0. The fourth-order valence-corrected chi connectivity index (χ4v) is 2.18. The van der Waals surface area contributed by atoms with Gasteiger partial charge in [-0.25, -0.2) is 4.31 Å². The Morgan fingerprint density at radius 1 is 1.21 bits per heavy atom. The Bertz CT molecular complexity index is 450.